The van der Waals surface area contributed by atoms with Crippen molar-refractivity contribution in [1.29, 1.82) is 0 Å². The van der Waals surface area contributed by atoms with E-state index in [-0.39, 0.29) is 23.3 Å². The van der Waals surface area contributed by atoms with Gasteiger partial charge < -0.3 is 5.32 Å². The Kier molecular flexibility index (Phi) is 7.36. The summed E-state index contributed by atoms with van der Waals surface area (Å²) in [6.45, 7) is 3.97. The van der Waals surface area contributed by atoms with Gasteiger partial charge in [-0.15, -0.1) is 0 Å². The number of benzene rings is 2. The standard InChI is InChI=1S/C20H26N2O3S/c1-3-10-16(2)21-20(23)19(15-17-11-6-4-7-12-17)22-26(24,25)18-13-8-5-9-14-18/h4-9,11-14,16,19,22H,3,10,15H2,1-2H3,(H,21,23)/t16-,19-/m0/s1. The Labute approximate surface area is 155 Å². The summed E-state index contributed by atoms with van der Waals surface area (Å²) < 4.78 is 27.9. The number of hydrogen-bond acceptors (Lipinski definition) is 3. The minimum absolute atomic E-state index is 0.00740. The van der Waals surface area contributed by atoms with Crippen molar-refractivity contribution in [3.8, 4) is 0 Å². The van der Waals surface area contributed by atoms with Crippen LogP contribution in [0.1, 0.15) is 32.3 Å². The second-order valence-corrected chi connectivity index (χ2v) is 8.09. The number of rotatable bonds is 9. The Morgan fingerprint density at radius 3 is 2.15 bits per heavy atom. The molecule has 0 aliphatic carbocycles. The maximum absolute atomic E-state index is 12.7. The summed E-state index contributed by atoms with van der Waals surface area (Å²) in [5.74, 6) is -0.311. The Morgan fingerprint density at radius 1 is 1.00 bits per heavy atom. The number of carbonyl (C=O) groups excluding carboxylic acids is 1. The van der Waals surface area contributed by atoms with Crippen molar-refractivity contribution in [3.05, 3.63) is 66.2 Å². The zero-order valence-electron chi connectivity index (χ0n) is 15.2. The van der Waals surface area contributed by atoms with Gasteiger partial charge in [-0.1, -0.05) is 61.9 Å². The van der Waals surface area contributed by atoms with Crippen molar-refractivity contribution in [2.75, 3.05) is 0 Å². The lowest BCUT2D eigenvalue weighted by molar-refractivity contribution is -0.123. The van der Waals surface area contributed by atoms with Crippen LogP contribution in [0.2, 0.25) is 0 Å². The lowest BCUT2D eigenvalue weighted by Crippen LogP contribution is -2.50. The first-order valence-corrected chi connectivity index (χ1v) is 10.3. The molecule has 0 saturated heterocycles. The smallest absolute Gasteiger partial charge is 0.241 e. The molecular weight excluding hydrogens is 348 g/mol. The van der Waals surface area contributed by atoms with Crippen molar-refractivity contribution >= 4 is 15.9 Å². The third-order valence-corrected chi connectivity index (χ3v) is 5.55. The summed E-state index contributed by atoms with van der Waals surface area (Å²) >= 11 is 0. The second-order valence-electron chi connectivity index (χ2n) is 6.37. The van der Waals surface area contributed by atoms with E-state index in [1.54, 1.807) is 18.2 Å². The predicted octanol–water partition coefficient (Wildman–Crippen LogP) is 2.88. The highest BCUT2D eigenvalue weighted by atomic mass is 32.2. The Hall–Kier alpha value is -2.18. The third-order valence-electron chi connectivity index (χ3n) is 4.06. The van der Waals surface area contributed by atoms with Gasteiger partial charge in [-0.25, -0.2) is 8.42 Å². The first-order chi connectivity index (χ1) is 12.4. The molecule has 2 atom stereocenters. The maximum Gasteiger partial charge on any atom is 0.241 e. The topological polar surface area (TPSA) is 75.3 Å². The monoisotopic (exact) mass is 374 g/mol. The summed E-state index contributed by atoms with van der Waals surface area (Å²) in [5.41, 5.74) is 0.895. The molecule has 6 heteroatoms. The van der Waals surface area contributed by atoms with Gasteiger partial charge in [-0.05, 0) is 37.5 Å². The fraction of sp³-hybridized carbons (Fsp3) is 0.350. The average Bonchev–Trinajstić information content (AvgIpc) is 2.63. The van der Waals surface area contributed by atoms with Gasteiger partial charge in [0, 0.05) is 6.04 Å². The van der Waals surface area contributed by atoms with Crippen LogP contribution in [0.4, 0.5) is 0 Å². The average molecular weight is 375 g/mol. The Balaban J connectivity index is 2.21. The quantitative estimate of drug-likeness (QED) is 0.709. The highest BCUT2D eigenvalue weighted by molar-refractivity contribution is 7.89. The molecular formula is C20H26N2O3S. The van der Waals surface area contributed by atoms with Crippen LogP contribution in [0.15, 0.2) is 65.6 Å². The molecule has 2 N–H and O–H groups in total. The van der Waals surface area contributed by atoms with Gasteiger partial charge in [0.1, 0.15) is 6.04 Å². The molecule has 0 aromatic heterocycles. The Bertz CT molecular complexity index is 792. The maximum atomic E-state index is 12.7. The fourth-order valence-electron chi connectivity index (χ4n) is 2.74. The van der Waals surface area contributed by atoms with Crippen molar-refractivity contribution in [2.45, 2.75) is 50.1 Å². The lowest BCUT2D eigenvalue weighted by atomic mass is 10.1. The van der Waals surface area contributed by atoms with Crippen molar-refractivity contribution in [3.63, 3.8) is 0 Å². The van der Waals surface area contributed by atoms with E-state index in [4.69, 9.17) is 0 Å². The summed E-state index contributed by atoms with van der Waals surface area (Å²) in [6.07, 6.45) is 2.08. The van der Waals surface area contributed by atoms with Crippen molar-refractivity contribution in [1.82, 2.24) is 10.0 Å². The molecule has 0 spiro atoms. The van der Waals surface area contributed by atoms with Crippen LogP contribution < -0.4 is 10.0 Å². The largest absolute Gasteiger partial charge is 0.352 e. The molecule has 1 amide bonds. The van der Waals surface area contributed by atoms with Crippen LogP contribution in [0, 0.1) is 0 Å². The van der Waals surface area contributed by atoms with E-state index in [0.717, 1.165) is 18.4 Å². The highest BCUT2D eigenvalue weighted by Gasteiger charge is 2.26. The van der Waals surface area contributed by atoms with Crippen molar-refractivity contribution < 1.29 is 13.2 Å². The van der Waals surface area contributed by atoms with Crippen LogP contribution in [0.5, 0.6) is 0 Å². The van der Waals surface area contributed by atoms with Crippen LogP contribution in [-0.2, 0) is 21.2 Å². The molecule has 0 bridgehead atoms. The first-order valence-electron chi connectivity index (χ1n) is 8.84. The zero-order valence-corrected chi connectivity index (χ0v) is 16.0. The third kappa shape index (κ3) is 5.97. The molecule has 0 aliphatic heterocycles. The number of carbonyl (C=O) groups is 1. The van der Waals surface area contributed by atoms with E-state index < -0.39 is 16.1 Å². The zero-order chi connectivity index (χ0) is 19.0. The molecule has 5 nitrogen and oxygen atoms in total. The first kappa shape index (κ1) is 20.1. The number of hydrogen-bond donors (Lipinski definition) is 2. The van der Waals surface area contributed by atoms with E-state index in [2.05, 4.69) is 10.0 Å². The van der Waals surface area contributed by atoms with Gasteiger partial charge in [-0.2, -0.15) is 4.72 Å². The number of amides is 1. The molecule has 2 aromatic rings. The molecule has 0 unspecified atom stereocenters. The van der Waals surface area contributed by atoms with E-state index in [9.17, 15) is 13.2 Å². The summed E-state index contributed by atoms with van der Waals surface area (Å²) in [5, 5.41) is 2.91. The Morgan fingerprint density at radius 2 is 1.58 bits per heavy atom. The molecule has 2 rings (SSSR count). The van der Waals surface area contributed by atoms with Crippen molar-refractivity contribution in [2.24, 2.45) is 0 Å². The molecule has 2 aromatic carbocycles. The molecule has 26 heavy (non-hydrogen) atoms. The summed E-state index contributed by atoms with van der Waals surface area (Å²) in [6, 6.07) is 16.6. The van der Waals surface area contributed by atoms with Crippen LogP contribution in [0.25, 0.3) is 0 Å². The number of nitrogens with one attached hydrogen (secondary N) is 2. The van der Waals surface area contributed by atoms with Gasteiger partial charge in [0.2, 0.25) is 15.9 Å². The normalized spacial score (nSPS) is 13.8. The summed E-state index contributed by atoms with van der Waals surface area (Å²) in [4.78, 5) is 12.8. The fourth-order valence-corrected chi connectivity index (χ4v) is 3.96. The molecule has 0 saturated carbocycles. The molecule has 0 radical (unpaired) electrons. The molecule has 0 fully saturated rings. The molecule has 0 heterocycles. The van der Waals surface area contributed by atoms with E-state index in [1.807, 2.05) is 44.2 Å². The van der Waals surface area contributed by atoms with Gasteiger partial charge in [0.25, 0.3) is 0 Å². The predicted molar refractivity (Wildman–Crippen MR) is 103 cm³/mol. The number of sulfonamides is 1. The van der Waals surface area contributed by atoms with Crippen LogP contribution in [-0.4, -0.2) is 26.4 Å². The van der Waals surface area contributed by atoms with E-state index in [0.29, 0.717) is 0 Å². The van der Waals surface area contributed by atoms with E-state index >= 15 is 0 Å². The van der Waals surface area contributed by atoms with E-state index in [1.165, 1.54) is 12.1 Å². The molecule has 140 valence electrons. The van der Waals surface area contributed by atoms with Gasteiger partial charge in [0.05, 0.1) is 4.90 Å². The van der Waals surface area contributed by atoms with Crippen LogP contribution in [0.3, 0.4) is 0 Å². The van der Waals surface area contributed by atoms with Crippen LogP contribution >= 0.6 is 0 Å². The minimum Gasteiger partial charge on any atom is -0.352 e. The molecule has 0 aliphatic rings. The lowest BCUT2D eigenvalue weighted by Gasteiger charge is -2.21. The second kappa shape index (κ2) is 9.50. The van der Waals surface area contributed by atoms with Gasteiger partial charge in [-0.3, -0.25) is 4.79 Å². The summed E-state index contributed by atoms with van der Waals surface area (Å²) in [7, 11) is -3.78. The highest BCUT2D eigenvalue weighted by Crippen LogP contribution is 2.11. The van der Waals surface area contributed by atoms with Gasteiger partial charge in [0.15, 0.2) is 0 Å². The van der Waals surface area contributed by atoms with Gasteiger partial charge >= 0.3 is 0 Å². The minimum atomic E-state index is -3.78. The SMILES string of the molecule is CCC[C@H](C)NC(=O)[C@H](Cc1ccccc1)NS(=O)(=O)c1ccccc1.